The quantitative estimate of drug-likeness (QED) is 0.160. The molecule has 0 aliphatic heterocycles. The zero-order valence-electron chi connectivity index (χ0n) is 24.4. The minimum absolute atomic E-state index is 0.0501. The van der Waals surface area contributed by atoms with Crippen molar-refractivity contribution in [3.63, 3.8) is 0 Å². The van der Waals surface area contributed by atoms with Gasteiger partial charge in [0.05, 0.1) is 12.5 Å². The van der Waals surface area contributed by atoms with Gasteiger partial charge in [0.1, 0.15) is 5.60 Å². The minimum Gasteiger partial charge on any atom is -0.444 e. The fourth-order valence-corrected chi connectivity index (χ4v) is 4.55. The fraction of sp³-hybridized carbons (Fsp3) is 0.750. The molecule has 0 aliphatic rings. The van der Waals surface area contributed by atoms with Gasteiger partial charge in [-0.3, -0.25) is 4.79 Å². The number of benzene rings is 1. The van der Waals surface area contributed by atoms with Gasteiger partial charge >= 0.3 is 6.09 Å². The van der Waals surface area contributed by atoms with Crippen LogP contribution in [0.4, 0.5) is 4.79 Å². The standard InChI is InChI=1S/C32H56N2O3/c1-5-6-7-8-9-10-11-12-13-14-15-16-17-18-19-23-26-33-30(35)27-29(28-24-21-20-22-25-28)34-31(36)37-32(2,3)4/h20-22,24-25,29H,5-19,23,26-27H2,1-4H3,(H,33,35)(H,34,36). The number of rotatable bonds is 21. The number of carbonyl (C=O) groups is 2. The molecule has 0 aromatic heterocycles. The first-order valence-corrected chi connectivity index (χ1v) is 15.1. The van der Waals surface area contributed by atoms with E-state index in [0.717, 1.165) is 18.4 Å². The van der Waals surface area contributed by atoms with E-state index in [9.17, 15) is 9.59 Å². The fourth-order valence-electron chi connectivity index (χ4n) is 4.55. The molecular formula is C32H56N2O3. The lowest BCUT2D eigenvalue weighted by Crippen LogP contribution is -2.37. The maximum atomic E-state index is 12.6. The van der Waals surface area contributed by atoms with Gasteiger partial charge < -0.3 is 15.4 Å². The zero-order chi connectivity index (χ0) is 27.2. The lowest BCUT2D eigenvalue weighted by Gasteiger charge is -2.23. The molecule has 1 aromatic carbocycles. The van der Waals surface area contributed by atoms with Crippen LogP contribution in [0.1, 0.15) is 148 Å². The van der Waals surface area contributed by atoms with Crippen molar-refractivity contribution in [2.75, 3.05) is 6.54 Å². The van der Waals surface area contributed by atoms with Crippen LogP contribution in [0.15, 0.2) is 30.3 Å². The monoisotopic (exact) mass is 516 g/mol. The number of amides is 2. The van der Waals surface area contributed by atoms with E-state index in [1.807, 2.05) is 51.1 Å². The molecule has 1 unspecified atom stereocenters. The molecule has 1 atom stereocenters. The first-order chi connectivity index (χ1) is 17.8. The van der Waals surface area contributed by atoms with Crippen LogP contribution in [-0.2, 0) is 9.53 Å². The Balaban J connectivity index is 2.08. The van der Waals surface area contributed by atoms with E-state index in [1.54, 1.807) is 0 Å². The van der Waals surface area contributed by atoms with Crippen molar-refractivity contribution in [2.45, 2.75) is 148 Å². The van der Waals surface area contributed by atoms with Gasteiger partial charge in [0.15, 0.2) is 0 Å². The highest BCUT2D eigenvalue weighted by atomic mass is 16.6. The maximum Gasteiger partial charge on any atom is 0.408 e. The molecule has 0 heterocycles. The molecule has 0 radical (unpaired) electrons. The summed E-state index contributed by atoms with van der Waals surface area (Å²) in [4.78, 5) is 24.8. The molecule has 5 nitrogen and oxygen atoms in total. The van der Waals surface area contributed by atoms with Crippen molar-refractivity contribution >= 4 is 12.0 Å². The third-order valence-corrected chi connectivity index (χ3v) is 6.63. The third kappa shape index (κ3) is 19.7. The van der Waals surface area contributed by atoms with E-state index in [0.29, 0.717) is 6.54 Å². The Morgan fingerprint density at radius 3 is 1.65 bits per heavy atom. The van der Waals surface area contributed by atoms with E-state index in [2.05, 4.69) is 17.6 Å². The molecule has 2 N–H and O–H groups in total. The highest BCUT2D eigenvalue weighted by molar-refractivity contribution is 5.78. The molecule has 0 spiro atoms. The molecule has 1 aromatic rings. The number of hydrogen-bond acceptors (Lipinski definition) is 3. The van der Waals surface area contributed by atoms with Crippen molar-refractivity contribution in [3.05, 3.63) is 35.9 Å². The number of hydrogen-bond donors (Lipinski definition) is 2. The van der Waals surface area contributed by atoms with E-state index < -0.39 is 17.7 Å². The molecule has 0 saturated heterocycles. The summed E-state index contributed by atoms with van der Waals surface area (Å²) in [6.07, 6.45) is 21.1. The Hall–Kier alpha value is -2.04. The predicted octanol–water partition coefficient (Wildman–Crippen LogP) is 9.02. The van der Waals surface area contributed by atoms with Gasteiger partial charge in [-0.25, -0.2) is 4.79 Å². The second-order valence-corrected chi connectivity index (χ2v) is 11.5. The van der Waals surface area contributed by atoms with E-state index in [4.69, 9.17) is 4.74 Å². The lowest BCUT2D eigenvalue weighted by atomic mass is 10.0. The number of unbranched alkanes of at least 4 members (excludes halogenated alkanes) is 15. The average molecular weight is 517 g/mol. The molecule has 2 amide bonds. The zero-order valence-corrected chi connectivity index (χ0v) is 24.4. The van der Waals surface area contributed by atoms with Gasteiger partial charge in [0.2, 0.25) is 5.91 Å². The Morgan fingerprint density at radius 1 is 0.730 bits per heavy atom. The topological polar surface area (TPSA) is 67.4 Å². The summed E-state index contributed by atoms with van der Waals surface area (Å²) in [5.41, 5.74) is 0.312. The molecule has 212 valence electrons. The molecule has 1 rings (SSSR count). The van der Waals surface area contributed by atoms with Crippen LogP contribution < -0.4 is 10.6 Å². The smallest absolute Gasteiger partial charge is 0.408 e. The number of alkyl carbamates (subject to hydrolysis) is 1. The summed E-state index contributed by atoms with van der Waals surface area (Å²) in [5, 5.41) is 5.88. The second-order valence-electron chi connectivity index (χ2n) is 11.5. The predicted molar refractivity (Wildman–Crippen MR) is 156 cm³/mol. The highest BCUT2D eigenvalue weighted by Crippen LogP contribution is 2.18. The van der Waals surface area contributed by atoms with Crippen LogP contribution >= 0.6 is 0 Å². The first kappa shape index (κ1) is 33.0. The van der Waals surface area contributed by atoms with Crippen molar-refractivity contribution in [3.8, 4) is 0 Å². The summed E-state index contributed by atoms with van der Waals surface area (Å²) in [5.74, 6) is -0.0501. The van der Waals surface area contributed by atoms with Gasteiger partial charge in [-0.2, -0.15) is 0 Å². The molecule has 0 aliphatic carbocycles. The van der Waals surface area contributed by atoms with Crippen LogP contribution in [0, 0.1) is 0 Å². The van der Waals surface area contributed by atoms with E-state index in [-0.39, 0.29) is 12.3 Å². The SMILES string of the molecule is CCCCCCCCCCCCCCCCCCNC(=O)CC(NC(=O)OC(C)(C)C)c1ccccc1. The molecule has 0 saturated carbocycles. The van der Waals surface area contributed by atoms with Crippen molar-refractivity contribution in [1.29, 1.82) is 0 Å². The van der Waals surface area contributed by atoms with Gasteiger partial charge in [-0.15, -0.1) is 0 Å². The van der Waals surface area contributed by atoms with Crippen LogP contribution in [0.3, 0.4) is 0 Å². The summed E-state index contributed by atoms with van der Waals surface area (Å²) >= 11 is 0. The Morgan fingerprint density at radius 2 is 1.19 bits per heavy atom. The van der Waals surface area contributed by atoms with Crippen LogP contribution in [0.5, 0.6) is 0 Å². The van der Waals surface area contributed by atoms with Crippen LogP contribution in [-0.4, -0.2) is 24.1 Å². The van der Waals surface area contributed by atoms with Crippen LogP contribution in [0.2, 0.25) is 0 Å². The highest BCUT2D eigenvalue weighted by Gasteiger charge is 2.22. The largest absolute Gasteiger partial charge is 0.444 e. The van der Waals surface area contributed by atoms with Crippen LogP contribution in [0.25, 0.3) is 0 Å². The Kier molecular flexibility index (Phi) is 18.7. The molecule has 37 heavy (non-hydrogen) atoms. The van der Waals surface area contributed by atoms with Gasteiger partial charge in [-0.05, 0) is 32.8 Å². The van der Waals surface area contributed by atoms with Crippen molar-refractivity contribution in [2.24, 2.45) is 0 Å². The summed E-state index contributed by atoms with van der Waals surface area (Å²) < 4.78 is 5.39. The van der Waals surface area contributed by atoms with E-state index >= 15 is 0 Å². The van der Waals surface area contributed by atoms with Gasteiger partial charge in [0.25, 0.3) is 0 Å². The number of nitrogens with one attached hydrogen (secondary N) is 2. The summed E-state index contributed by atoms with van der Waals surface area (Å²) in [6.45, 7) is 8.45. The summed E-state index contributed by atoms with van der Waals surface area (Å²) in [6, 6.07) is 9.17. The molecule has 5 heteroatoms. The van der Waals surface area contributed by atoms with Gasteiger partial charge in [0, 0.05) is 6.54 Å². The minimum atomic E-state index is -0.583. The lowest BCUT2D eigenvalue weighted by molar-refractivity contribution is -0.121. The third-order valence-electron chi connectivity index (χ3n) is 6.63. The molecule has 0 bridgehead atoms. The molecular weight excluding hydrogens is 460 g/mol. The number of ether oxygens (including phenoxy) is 1. The maximum absolute atomic E-state index is 12.6. The first-order valence-electron chi connectivity index (χ1n) is 15.1. The van der Waals surface area contributed by atoms with E-state index in [1.165, 1.54) is 89.9 Å². The van der Waals surface area contributed by atoms with Crippen molar-refractivity contribution in [1.82, 2.24) is 10.6 Å². The number of carbonyl (C=O) groups excluding carboxylic acids is 2. The molecule has 0 fully saturated rings. The van der Waals surface area contributed by atoms with Crippen molar-refractivity contribution < 1.29 is 14.3 Å². The normalized spacial score (nSPS) is 12.2. The Labute approximate surface area is 227 Å². The average Bonchev–Trinajstić information content (AvgIpc) is 2.85. The van der Waals surface area contributed by atoms with Gasteiger partial charge in [-0.1, -0.05) is 134 Å². The Bertz CT molecular complexity index is 700. The second kappa shape index (κ2) is 21.0. The summed E-state index contributed by atoms with van der Waals surface area (Å²) in [7, 11) is 0.